The number of benzene rings is 1. The number of hydrogen-bond acceptors (Lipinski definition) is 4. The molecule has 4 rings (SSSR count). The Balaban J connectivity index is 1.54. The summed E-state index contributed by atoms with van der Waals surface area (Å²) in [5.41, 5.74) is 8.94. The van der Waals surface area contributed by atoms with Gasteiger partial charge in [0, 0.05) is 36.1 Å². The van der Waals surface area contributed by atoms with E-state index in [4.69, 9.17) is 27.1 Å². The fraction of sp³-hybridized carbons (Fsp3) is 0.450. The van der Waals surface area contributed by atoms with Gasteiger partial charge < -0.3 is 15.4 Å². The summed E-state index contributed by atoms with van der Waals surface area (Å²) in [6, 6.07) is 10.6. The van der Waals surface area contributed by atoms with Crippen LogP contribution in [0.15, 0.2) is 40.7 Å². The number of fused-ring (bicyclic) bond motifs is 1. The summed E-state index contributed by atoms with van der Waals surface area (Å²) in [5, 5.41) is 2.95. The summed E-state index contributed by atoms with van der Waals surface area (Å²) >= 11 is 7.97. The van der Waals surface area contributed by atoms with Crippen molar-refractivity contribution in [3.63, 3.8) is 0 Å². The van der Waals surface area contributed by atoms with E-state index in [1.54, 1.807) is 0 Å². The van der Waals surface area contributed by atoms with Gasteiger partial charge in [-0.1, -0.05) is 23.7 Å². The second-order valence-electron chi connectivity index (χ2n) is 6.96. The van der Waals surface area contributed by atoms with E-state index in [0.717, 1.165) is 37.6 Å². The maximum Gasteiger partial charge on any atom is 0.191 e. The molecule has 0 spiro atoms. The lowest BCUT2D eigenvalue weighted by Crippen LogP contribution is -2.45. The summed E-state index contributed by atoms with van der Waals surface area (Å²) in [6.07, 6.45) is 1.10. The van der Waals surface area contributed by atoms with Gasteiger partial charge in [0.2, 0.25) is 0 Å². The zero-order valence-electron chi connectivity index (χ0n) is 15.3. The number of nitrogens with two attached hydrogens (primary N) is 1. The minimum Gasteiger partial charge on any atom is -0.378 e. The molecule has 1 saturated heterocycles. The fourth-order valence-electron chi connectivity index (χ4n) is 3.73. The lowest BCUT2D eigenvalue weighted by Gasteiger charge is -2.34. The topological polar surface area (TPSA) is 54.1 Å². The number of ether oxygens (including phenoxy) is 1. The molecule has 5 nitrogen and oxygen atoms in total. The van der Waals surface area contributed by atoms with Crippen molar-refractivity contribution in [3.05, 3.63) is 56.7 Å². The third kappa shape index (κ3) is 4.46. The zero-order chi connectivity index (χ0) is 18.6. The normalized spacial score (nSPS) is 19.7. The number of nitrogens with zero attached hydrogens (tertiary/aromatic N) is 3. The van der Waals surface area contributed by atoms with Crippen LogP contribution in [0.2, 0.25) is 5.02 Å². The summed E-state index contributed by atoms with van der Waals surface area (Å²) in [6.45, 7) is 5.68. The number of aliphatic imine (C=N–C) groups is 1. The van der Waals surface area contributed by atoms with Gasteiger partial charge in [-0.3, -0.25) is 9.89 Å². The molecule has 1 fully saturated rings. The molecule has 1 unspecified atom stereocenters. The molecule has 0 aliphatic carbocycles. The van der Waals surface area contributed by atoms with Gasteiger partial charge in [-0.2, -0.15) is 0 Å². The van der Waals surface area contributed by atoms with Gasteiger partial charge in [0.15, 0.2) is 5.96 Å². The highest BCUT2D eigenvalue weighted by molar-refractivity contribution is 7.10. The van der Waals surface area contributed by atoms with Crippen molar-refractivity contribution in [1.29, 1.82) is 0 Å². The molecular weight excluding hydrogens is 380 g/mol. The van der Waals surface area contributed by atoms with E-state index in [1.807, 2.05) is 23.5 Å². The minimum absolute atomic E-state index is 0.190. The van der Waals surface area contributed by atoms with Crippen molar-refractivity contribution in [2.75, 3.05) is 39.4 Å². The minimum atomic E-state index is 0.190. The van der Waals surface area contributed by atoms with Gasteiger partial charge in [0.25, 0.3) is 0 Å². The van der Waals surface area contributed by atoms with Crippen LogP contribution in [0.25, 0.3) is 0 Å². The Bertz CT molecular complexity index is 786. The van der Waals surface area contributed by atoms with Crippen LogP contribution >= 0.6 is 22.9 Å². The van der Waals surface area contributed by atoms with E-state index in [-0.39, 0.29) is 6.04 Å². The Labute approximate surface area is 169 Å². The van der Waals surface area contributed by atoms with Crippen molar-refractivity contribution in [2.45, 2.75) is 19.0 Å². The van der Waals surface area contributed by atoms with Gasteiger partial charge in [-0.15, -0.1) is 11.3 Å². The Hall–Kier alpha value is -1.60. The number of morpholine rings is 1. The quantitative estimate of drug-likeness (QED) is 0.628. The van der Waals surface area contributed by atoms with Gasteiger partial charge in [-0.05, 0) is 41.1 Å². The molecule has 144 valence electrons. The molecule has 0 radical (unpaired) electrons. The van der Waals surface area contributed by atoms with Crippen molar-refractivity contribution in [2.24, 2.45) is 10.7 Å². The van der Waals surface area contributed by atoms with E-state index in [0.29, 0.717) is 25.7 Å². The highest BCUT2D eigenvalue weighted by atomic mass is 35.5. The van der Waals surface area contributed by atoms with Gasteiger partial charge in [-0.25, -0.2) is 0 Å². The molecule has 2 N–H and O–H groups in total. The van der Waals surface area contributed by atoms with Crippen LogP contribution in [-0.4, -0.2) is 55.2 Å². The second-order valence-corrected chi connectivity index (χ2v) is 8.39. The van der Waals surface area contributed by atoms with Crippen molar-refractivity contribution in [3.8, 4) is 0 Å². The Morgan fingerprint density at radius 3 is 2.74 bits per heavy atom. The first-order valence-electron chi connectivity index (χ1n) is 9.38. The van der Waals surface area contributed by atoms with Crippen LogP contribution < -0.4 is 5.73 Å². The molecule has 2 aliphatic heterocycles. The van der Waals surface area contributed by atoms with Crippen molar-refractivity contribution < 1.29 is 4.74 Å². The van der Waals surface area contributed by atoms with Crippen LogP contribution in [-0.2, 0) is 17.7 Å². The standard InChI is InChI=1S/C20H25ClN4OS/c21-17-3-1-15(2-4-17)18(13-23-20(22)24-8-10-26-11-9-24)25-7-5-19-16(14-25)6-12-27-19/h1-4,6,12,18H,5,7-11,13-14H2,(H2,22,23). The summed E-state index contributed by atoms with van der Waals surface area (Å²) in [7, 11) is 0. The number of guanidine groups is 1. The fourth-order valence-corrected chi connectivity index (χ4v) is 4.74. The SMILES string of the molecule is NC(=NCC(c1ccc(Cl)cc1)N1CCc2sccc2C1)N1CCOCC1. The van der Waals surface area contributed by atoms with E-state index >= 15 is 0 Å². The molecule has 0 saturated carbocycles. The van der Waals surface area contributed by atoms with E-state index in [2.05, 4.69) is 33.4 Å². The van der Waals surface area contributed by atoms with Crippen LogP contribution in [0.5, 0.6) is 0 Å². The third-order valence-electron chi connectivity index (χ3n) is 5.29. The number of rotatable bonds is 4. The van der Waals surface area contributed by atoms with E-state index in [9.17, 15) is 0 Å². The Morgan fingerprint density at radius 1 is 1.19 bits per heavy atom. The van der Waals surface area contributed by atoms with Gasteiger partial charge >= 0.3 is 0 Å². The van der Waals surface area contributed by atoms with Gasteiger partial charge in [0.05, 0.1) is 25.8 Å². The lowest BCUT2D eigenvalue weighted by molar-refractivity contribution is 0.0673. The first-order valence-corrected chi connectivity index (χ1v) is 10.6. The van der Waals surface area contributed by atoms with Crippen molar-refractivity contribution >= 4 is 28.9 Å². The molecule has 7 heteroatoms. The molecular formula is C20H25ClN4OS. The first kappa shape index (κ1) is 18.7. The highest BCUT2D eigenvalue weighted by Crippen LogP contribution is 2.31. The average Bonchev–Trinajstić information content (AvgIpc) is 3.18. The van der Waals surface area contributed by atoms with Crippen LogP contribution in [0, 0.1) is 0 Å². The summed E-state index contributed by atoms with van der Waals surface area (Å²) in [4.78, 5) is 10.9. The maximum atomic E-state index is 6.27. The first-order chi connectivity index (χ1) is 13.2. The van der Waals surface area contributed by atoms with Crippen LogP contribution in [0.3, 0.4) is 0 Å². The smallest absolute Gasteiger partial charge is 0.191 e. The number of hydrogen-bond donors (Lipinski definition) is 1. The molecule has 2 aromatic rings. The lowest BCUT2D eigenvalue weighted by atomic mass is 10.0. The summed E-state index contributed by atoms with van der Waals surface area (Å²) < 4.78 is 5.40. The Kier molecular flexibility index (Phi) is 5.98. The average molecular weight is 405 g/mol. The van der Waals surface area contributed by atoms with Crippen LogP contribution in [0.1, 0.15) is 22.0 Å². The monoisotopic (exact) mass is 404 g/mol. The molecule has 0 amide bonds. The van der Waals surface area contributed by atoms with E-state index < -0.39 is 0 Å². The molecule has 1 aromatic carbocycles. The molecule has 1 aromatic heterocycles. The van der Waals surface area contributed by atoms with Gasteiger partial charge in [0.1, 0.15) is 0 Å². The molecule has 3 heterocycles. The predicted molar refractivity (Wildman–Crippen MR) is 112 cm³/mol. The zero-order valence-corrected chi connectivity index (χ0v) is 16.9. The molecule has 0 bridgehead atoms. The third-order valence-corrected chi connectivity index (χ3v) is 6.57. The predicted octanol–water partition coefficient (Wildman–Crippen LogP) is 3.15. The molecule has 1 atom stereocenters. The molecule has 27 heavy (non-hydrogen) atoms. The number of thiophene rings is 1. The Morgan fingerprint density at radius 2 is 1.96 bits per heavy atom. The van der Waals surface area contributed by atoms with Crippen molar-refractivity contribution in [1.82, 2.24) is 9.80 Å². The van der Waals surface area contributed by atoms with Crippen LogP contribution in [0.4, 0.5) is 0 Å². The molecule has 2 aliphatic rings. The second kappa shape index (κ2) is 8.61. The number of halogens is 1. The maximum absolute atomic E-state index is 6.27. The highest BCUT2D eigenvalue weighted by Gasteiger charge is 2.26. The van der Waals surface area contributed by atoms with E-state index in [1.165, 1.54) is 16.0 Å². The summed E-state index contributed by atoms with van der Waals surface area (Å²) in [5.74, 6) is 0.616. The largest absolute Gasteiger partial charge is 0.378 e.